The second-order valence-corrected chi connectivity index (χ2v) is 3.52. The van der Waals surface area contributed by atoms with Crippen LogP contribution in [0.4, 0.5) is 0 Å². The summed E-state index contributed by atoms with van der Waals surface area (Å²) in [6.07, 6.45) is 2.76. The van der Waals surface area contributed by atoms with Crippen LogP contribution in [0.3, 0.4) is 0 Å². The normalized spacial score (nSPS) is 10.2. The topological polar surface area (TPSA) is 69.1 Å². The van der Waals surface area contributed by atoms with Crippen LogP contribution in [0, 0.1) is 0 Å². The zero-order valence-corrected chi connectivity index (χ0v) is 8.72. The molecule has 2 aromatic rings. The van der Waals surface area contributed by atoms with Crippen LogP contribution in [0.25, 0.3) is 0 Å². The van der Waals surface area contributed by atoms with Crippen LogP contribution in [0.5, 0.6) is 0 Å². The molecular formula is C12H12N2O2. The van der Waals surface area contributed by atoms with Crippen molar-refractivity contribution < 1.29 is 9.32 Å². The molecule has 0 radical (unpaired) electrons. The summed E-state index contributed by atoms with van der Waals surface area (Å²) in [6, 6.07) is 9.99. The third kappa shape index (κ3) is 2.28. The number of benzene rings is 1. The fourth-order valence-corrected chi connectivity index (χ4v) is 1.55. The number of aryl methyl sites for hydroxylation is 2. The highest BCUT2D eigenvalue weighted by Gasteiger charge is 2.12. The zero-order chi connectivity index (χ0) is 11.4. The second-order valence-electron chi connectivity index (χ2n) is 3.52. The van der Waals surface area contributed by atoms with E-state index in [1.54, 1.807) is 0 Å². The first-order valence-corrected chi connectivity index (χ1v) is 5.04. The maximum Gasteiger partial charge on any atom is 0.253 e. The first-order chi connectivity index (χ1) is 7.77. The Bertz CT molecular complexity index is 477. The van der Waals surface area contributed by atoms with Crippen LogP contribution in [0.15, 0.2) is 41.1 Å². The standard InChI is InChI=1S/C12H12N2O2/c13-12(15)10-8-16-14-11(10)7-6-9-4-2-1-3-5-9/h1-5,8H,6-7H2,(H2,13,15). The van der Waals surface area contributed by atoms with Crippen LogP contribution in [-0.2, 0) is 12.8 Å². The molecular weight excluding hydrogens is 204 g/mol. The number of amides is 1. The smallest absolute Gasteiger partial charge is 0.253 e. The van der Waals surface area contributed by atoms with Gasteiger partial charge in [0.25, 0.3) is 5.91 Å². The molecule has 4 heteroatoms. The lowest BCUT2D eigenvalue weighted by Gasteiger charge is -1.99. The summed E-state index contributed by atoms with van der Waals surface area (Å²) in [4.78, 5) is 11.0. The van der Waals surface area contributed by atoms with Gasteiger partial charge in [-0.15, -0.1) is 0 Å². The highest BCUT2D eigenvalue weighted by Crippen LogP contribution is 2.10. The van der Waals surface area contributed by atoms with Gasteiger partial charge >= 0.3 is 0 Å². The van der Waals surface area contributed by atoms with Crippen LogP contribution in [0.2, 0.25) is 0 Å². The Morgan fingerprint density at radius 1 is 1.25 bits per heavy atom. The molecule has 0 saturated carbocycles. The Labute approximate surface area is 93.1 Å². The Hall–Kier alpha value is -2.10. The maximum absolute atomic E-state index is 11.0. The predicted octanol–water partition coefficient (Wildman–Crippen LogP) is 1.56. The van der Waals surface area contributed by atoms with Gasteiger partial charge in [-0.3, -0.25) is 4.79 Å². The van der Waals surface area contributed by atoms with Crippen LogP contribution < -0.4 is 5.73 Å². The molecule has 82 valence electrons. The van der Waals surface area contributed by atoms with E-state index in [-0.39, 0.29) is 0 Å². The largest absolute Gasteiger partial charge is 0.365 e. The van der Waals surface area contributed by atoms with E-state index >= 15 is 0 Å². The summed E-state index contributed by atoms with van der Waals surface area (Å²) in [7, 11) is 0. The number of carbonyl (C=O) groups is 1. The molecule has 0 atom stereocenters. The number of aromatic nitrogens is 1. The summed E-state index contributed by atoms with van der Waals surface area (Å²) in [5.41, 5.74) is 7.38. The lowest BCUT2D eigenvalue weighted by atomic mass is 10.1. The van der Waals surface area contributed by atoms with Crippen molar-refractivity contribution in [2.24, 2.45) is 5.73 Å². The van der Waals surface area contributed by atoms with E-state index in [1.807, 2.05) is 30.3 Å². The molecule has 2 rings (SSSR count). The van der Waals surface area contributed by atoms with Gasteiger partial charge in [-0.25, -0.2) is 0 Å². The molecule has 0 fully saturated rings. The van der Waals surface area contributed by atoms with Gasteiger partial charge in [0, 0.05) is 0 Å². The molecule has 0 unspecified atom stereocenters. The van der Waals surface area contributed by atoms with Gasteiger partial charge in [0.05, 0.1) is 5.69 Å². The van der Waals surface area contributed by atoms with Gasteiger partial charge in [-0.1, -0.05) is 35.5 Å². The Kier molecular flexibility index (Phi) is 3.00. The van der Waals surface area contributed by atoms with Crippen molar-refractivity contribution in [2.45, 2.75) is 12.8 Å². The molecule has 1 heterocycles. The van der Waals surface area contributed by atoms with Gasteiger partial charge in [-0.05, 0) is 18.4 Å². The molecule has 0 saturated heterocycles. The van der Waals surface area contributed by atoms with E-state index in [9.17, 15) is 4.79 Å². The van der Waals surface area contributed by atoms with E-state index in [0.29, 0.717) is 17.7 Å². The predicted molar refractivity (Wildman–Crippen MR) is 58.9 cm³/mol. The van der Waals surface area contributed by atoms with Crippen LogP contribution >= 0.6 is 0 Å². The van der Waals surface area contributed by atoms with Crippen molar-refractivity contribution in [3.05, 3.63) is 53.4 Å². The van der Waals surface area contributed by atoms with Crippen molar-refractivity contribution >= 4 is 5.91 Å². The Morgan fingerprint density at radius 2 is 2.00 bits per heavy atom. The number of nitrogens with two attached hydrogens (primary N) is 1. The summed E-state index contributed by atoms with van der Waals surface area (Å²) in [6.45, 7) is 0. The number of carbonyl (C=O) groups excluding carboxylic acids is 1. The minimum absolute atomic E-state index is 0.371. The minimum Gasteiger partial charge on any atom is -0.365 e. The van der Waals surface area contributed by atoms with Gasteiger partial charge in [-0.2, -0.15) is 0 Å². The fraction of sp³-hybridized carbons (Fsp3) is 0.167. The fourth-order valence-electron chi connectivity index (χ4n) is 1.55. The van der Waals surface area contributed by atoms with Crippen LogP contribution in [0.1, 0.15) is 21.6 Å². The molecule has 2 N–H and O–H groups in total. The molecule has 1 aromatic carbocycles. The molecule has 0 bridgehead atoms. The zero-order valence-electron chi connectivity index (χ0n) is 8.72. The van der Waals surface area contributed by atoms with E-state index in [2.05, 4.69) is 5.16 Å². The quantitative estimate of drug-likeness (QED) is 0.843. The summed E-state index contributed by atoms with van der Waals surface area (Å²) < 4.78 is 4.74. The average Bonchev–Trinajstić information content (AvgIpc) is 2.76. The Balaban J connectivity index is 2.05. The second kappa shape index (κ2) is 4.61. The van der Waals surface area contributed by atoms with Gasteiger partial charge < -0.3 is 10.3 Å². The number of primary amides is 1. The maximum atomic E-state index is 11.0. The van der Waals surface area contributed by atoms with E-state index in [0.717, 1.165) is 6.42 Å². The minimum atomic E-state index is -0.496. The molecule has 1 aromatic heterocycles. The molecule has 4 nitrogen and oxygen atoms in total. The molecule has 0 aliphatic heterocycles. The molecule has 0 aliphatic carbocycles. The van der Waals surface area contributed by atoms with Gasteiger partial charge in [0.1, 0.15) is 11.8 Å². The van der Waals surface area contributed by atoms with Crippen molar-refractivity contribution in [1.82, 2.24) is 5.16 Å². The molecule has 0 spiro atoms. The average molecular weight is 216 g/mol. The first-order valence-electron chi connectivity index (χ1n) is 5.04. The number of nitrogens with zero attached hydrogens (tertiary/aromatic N) is 1. The lowest BCUT2D eigenvalue weighted by Crippen LogP contribution is -2.12. The third-order valence-corrected chi connectivity index (χ3v) is 2.40. The summed E-state index contributed by atoms with van der Waals surface area (Å²) in [5, 5.41) is 3.78. The molecule has 1 amide bonds. The number of rotatable bonds is 4. The van der Waals surface area contributed by atoms with E-state index < -0.39 is 5.91 Å². The summed E-state index contributed by atoms with van der Waals surface area (Å²) >= 11 is 0. The first kappa shape index (κ1) is 10.4. The lowest BCUT2D eigenvalue weighted by molar-refractivity contribution is 0.0999. The van der Waals surface area contributed by atoms with Crippen LogP contribution in [-0.4, -0.2) is 11.1 Å². The SMILES string of the molecule is NC(=O)c1conc1CCc1ccccc1. The molecule has 16 heavy (non-hydrogen) atoms. The van der Waals surface area contributed by atoms with E-state index in [1.165, 1.54) is 11.8 Å². The summed E-state index contributed by atoms with van der Waals surface area (Å²) in [5.74, 6) is -0.496. The van der Waals surface area contributed by atoms with Crippen molar-refractivity contribution in [1.29, 1.82) is 0 Å². The number of hydrogen-bond donors (Lipinski definition) is 1. The Morgan fingerprint density at radius 3 is 2.69 bits per heavy atom. The highest BCUT2D eigenvalue weighted by molar-refractivity contribution is 5.93. The highest BCUT2D eigenvalue weighted by atomic mass is 16.5. The van der Waals surface area contributed by atoms with E-state index in [4.69, 9.17) is 10.3 Å². The van der Waals surface area contributed by atoms with Crippen molar-refractivity contribution in [3.63, 3.8) is 0 Å². The van der Waals surface area contributed by atoms with Gasteiger partial charge in [0.2, 0.25) is 0 Å². The van der Waals surface area contributed by atoms with Gasteiger partial charge in [0.15, 0.2) is 0 Å². The number of hydrogen-bond acceptors (Lipinski definition) is 3. The monoisotopic (exact) mass is 216 g/mol. The molecule has 0 aliphatic rings. The van der Waals surface area contributed by atoms with Crippen molar-refractivity contribution in [2.75, 3.05) is 0 Å². The third-order valence-electron chi connectivity index (χ3n) is 2.40. The van der Waals surface area contributed by atoms with Crippen molar-refractivity contribution in [3.8, 4) is 0 Å².